The van der Waals surface area contributed by atoms with Crippen LogP contribution >= 0.6 is 11.6 Å². The molecule has 0 aliphatic carbocycles. The molecule has 2 rings (SSSR count). The van der Waals surface area contributed by atoms with E-state index in [2.05, 4.69) is 0 Å². The summed E-state index contributed by atoms with van der Waals surface area (Å²) in [5.74, 6) is -0.644. The van der Waals surface area contributed by atoms with Crippen LogP contribution < -0.4 is 4.74 Å². The predicted molar refractivity (Wildman–Crippen MR) is 80.8 cm³/mol. The van der Waals surface area contributed by atoms with E-state index in [1.54, 1.807) is 30.3 Å². The van der Waals surface area contributed by atoms with Crippen molar-refractivity contribution in [3.63, 3.8) is 0 Å². The summed E-state index contributed by atoms with van der Waals surface area (Å²) in [5.41, 5.74) is 0.282. The second-order valence-corrected chi connectivity index (χ2v) is 6.71. The van der Waals surface area contributed by atoms with E-state index in [1.165, 1.54) is 25.3 Å². The van der Waals surface area contributed by atoms with Gasteiger partial charge in [-0.2, -0.15) is 0 Å². The Hall–Kier alpha value is -1.85. The monoisotopic (exact) mass is 324 g/mol. The summed E-state index contributed by atoms with van der Waals surface area (Å²) in [7, 11) is -2.30. The highest BCUT2D eigenvalue weighted by Gasteiger charge is 2.22. The molecular formula is C15H13ClO4S. The highest BCUT2D eigenvalue weighted by atomic mass is 35.5. The lowest BCUT2D eigenvalue weighted by atomic mass is 10.1. The molecule has 0 heterocycles. The van der Waals surface area contributed by atoms with Crippen LogP contribution in [0.15, 0.2) is 53.4 Å². The summed E-state index contributed by atoms with van der Waals surface area (Å²) >= 11 is 5.88. The fourth-order valence-corrected chi connectivity index (χ4v) is 3.63. The van der Waals surface area contributed by atoms with E-state index in [9.17, 15) is 13.2 Å². The number of ether oxygens (including phenoxy) is 1. The third-order valence-electron chi connectivity index (χ3n) is 2.88. The van der Waals surface area contributed by atoms with Crippen LogP contribution in [0.3, 0.4) is 0 Å². The van der Waals surface area contributed by atoms with Crippen LogP contribution in [0, 0.1) is 0 Å². The average molecular weight is 325 g/mol. The Bertz CT molecular complexity index is 769. The van der Waals surface area contributed by atoms with Crippen molar-refractivity contribution in [2.45, 2.75) is 4.90 Å². The zero-order valence-corrected chi connectivity index (χ0v) is 12.8. The summed E-state index contributed by atoms with van der Waals surface area (Å²) in [6, 6.07) is 12.4. The first kappa shape index (κ1) is 15.5. The minimum Gasteiger partial charge on any atom is -0.497 e. The second kappa shape index (κ2) is 6.28. The lowest BCUT2D eigenvalue weighted by Crippen LogP contribution is -2.16. The number of ketones is 1. The third-order valence-corrected chi connectivity index (χ3v) is 4.99. The lowest BCUT2D eigenvalue weighted by Gasteiger charge is -2.07. The highest BCUT2D eigenvalue weighted by molar-refractivity contribution is 7.92. The first-order valence-corrected chi connectivity index (χ1v) is 8.11. The molecule has 6 heteroatoms. The summed E-state index contributed by atoms with van der Waals surface area (Å²) in [5, 5.41) is 0.107. The smallest absolute Gasteiger partial charge is 0.187 e. The Morgan fingerprint density at radius 2 is 1.86 bits per heavy atom. The van der Waals surface area contributed by atoms with Gasteiger partial charge in [-0.1, -0.05) is 35.9 Å². The molecule has 0 atom stereocenters. The molecule has 21 heavy (non-hydrogen) atoms. The van der Waals surface area contributed by atoms with Crippen molar-refractivity contribution in [3.8, 4) is 5.75 Å². The Labute approximate surface area is 128 Å². The number of carbonyl (C=O) groups is 1. The molecule has 0 saturated carbocycles. The van der Waals surface area contributed by atoms with Gasteiger partial charge in [0.15, 0.2) is 15.6 Å². The van der Waals surface area contributed by atoms with E-state index in [4.69, 9.17) is 16.3 Å². The van der Waals surface area contributed by atoms with Crippen LogP contribution in [0.5, 0.6) is 5.75 Å². The first-order chi connectivity index (χ1) is 9.94. The van der Waals surface area contributed by atoms with Crippen molar-refractivity contribution in [2.24, 2.45) is 0 Å². The maximum absolute atomic E-state index is 12.3. The minimum absolute atomic E-state index is 0.0390. The maximum atomic E-state index is 12.3. The number of benzene rings is 2. The van der Waals surface area contributed by atoms with Crippen LogP contribution in [-0.2, 0) is 9.84 Å². The topological polar surface area (TPSA) is 60.4 Å². The maximum Gasteiger partial charge on any atom is 0.187 e. The van der Waals surface area contributed by atoms with E-state index < -0.39 is 21.4 Å². The molecule has 0 spiro atoms. The van der Waals surface area contributed by atoms with Gasteiger partial charge in [-0.15, -0.1) is 0 Å². The van der Waals surface area contributed by atoms with Gasteiger partial charge in [-0.3, -0.25) is 4.79 Å². The summed E-state index contributed by atoms with van der Waals surface area (Å²) in [4.78, 5) is 12.1. The van der Waals surface area contributed by atoms with Gasteiger partial charge in [0.1, 0.15) is 11.5 Å². The largest absolute Gasteiger partial charge is 0.497 e. The predicted octanol–water partition coefficient (Wildman–Crippen LogP) is 3.01. The van der Waals surface area contributed by atoms with Crippen LogP contribution in [0.4, 0.5) is 0 Å². The molecule has 0 aliphatic rings. The zero-order valence-electron chi connectivity index (χ0n) is 11.2. The molecular weight excluding hydrogens is 312 g/mol. The molecule has 0 N–H and O–H groups in total. The van der Waals surface area contributed by atoms with Gasteiger partial charge in [0.25, 0.3) is 0 Å². The standard InChI is InChI=1S/C15H13ClO4S/c1-20-12-6-4-5-11(9-12)14(17)10-21(18,19)15-8-3-2-7-13(15)16/h2-9H,10H2,1H3. The fraction of sp³-hybridized carbons (Fsp3) is 0.133. The van der Waals surface area contributed by atoms with Gasteiger partial charge in [-0.05, 0) is 24.3 Å². The molecule has 0 amide bonds. The number of hydrogen-bond acceptors (Lipinski definition) is 4. The lowest BCUT2D eigenvalue weighted by molar-refractivity contribution is 0.102. The van der Waals surface area contributed by atoms with Crippen LogP contribution in [0.25, 0.3) is 0 Å². The number of Topliss-reactive ketones (excluding diaryl/α,β-unsaturated/α-hetero) is 1. The van der Waals surface area contributed by atoms with Crippen molar-refractivity contribution in [1.82, 2.24) is 0 Å². The molecule has 2 aromatic carbocycles. The van der Waals surface area contributed by atoms with Gasteiger partial charge < -0.3 is 4.74 Å². The van der Waals surface area contributed by atoms with Gasteiger partial charge in [-0.25, -0.2) is 8.42 Å². The average Bonchev–Trinajstić information content (AvgIpc) is 2.47. The molecule has 0 radical (unpaired) electrons. The number of rotatable bonds is 5. The molecule has 0 saturated heterocycles. The normalized spacial score (nSPS) is 11.1. The minimum atomic E-state index is -3.78. The number of sulfone groups is 1. The van der Waals surface area contributed by atoms with Gasteiger partial charge in [0.2, 0.25) is 0 Å². The molecule has 0 aliphatic heterocycles. The van der Waals surface area contributed by atoms with Crippen molar-refractivity contribution >= 4 is 27.2 Å². The van der Waals surface area contributed by atoms with Crippen molar-refractivity contribution in [1.29, 1.82) is 0 Å². The van der Waals surface area contributed by atoms with Crippen LogP contribution in [0.1, 0.15) is 10.4 Å². The Morgan fingerprint density at radius 3 is 2.52 bits per heavy atom. The van der Waals surface area contributed by atoms with Crippen LogP contribution in [-0.4, -0.2) is 27.1 Å². The molecule has 0 unspecified atom stereocenters. The van der Waals surface area contributed by atoms with E-state index in [0.717, 1.165) is 0 Å². The quantitative estimate of drug-likeness (QED) is 0.793. The van der Waals surface area contributed by atoms with E-state index >= 15 is 0 Å². The summed E-state index contributed by atoms with van der Waals surface area (Å²) in [6.45, 7) is 0. The molecule has 4 nitrogen and oxygen atoms in total. The van der Waals surface area contributed by atoms with Crippen molar-refractivity contribution in [3.05, 3.63) is 59.1 Å². The van der Waals surface area contributed by atoms with Gasteiger partial charge >= 0.3 is 0 Å². The van der Waals surface area contributed by atoms with Crippen molar-refractivity contribution in [2.75, 3.05) is 12.9 Å². The molecule has 110 valence electrons. The highest BCUT2D eigenvalue weighted by Crippen LogP contribution is 2.23. The zero-order chi connectivity index (χ0) is 15.5. The second-order valence-electron chi connectivity index (χ2n) is 4.34. The molecule has 0 bridgehead atoms. The molecule has 2 aromatic rings. The Morgan fingerprint density at radius 1 is 1.14 bits per heavy atom. The number of carbonyl (C=O) groups excluding carboxylic acids is 1. The fourth-order valence-electron chi connectivity index (χ4n) is 1.83. The van der Waals surface area contributed by atoms with E-state index in [1.807, 2.05) is 0 Å². The Kier molecular flexibility index (Phi) is 4.65. The van der Waals surface area contributed by atoms with Gasteiger partial charge in [0.05, 0.1) is 17.0 Å². The summed E-state index contributed by atoms with van der Waals surface area (Å²) in [6.07, 6.45) is 0. The van der Waals surface area contributed by atoms with Gasteiger partial charge in [0, 0.05) is 5.56 Å². The number of methoxy groups -OCH3 is 1. The SMILES string of the molecule is COc1cccc(C(=O)CS(=O)(=O)c2ccccc2Cl)c1. The summed E-state index contributed by atoms with van der Waals surface area (Å²) < 4.78 is 29.5. The number of hydrogen-bond donors (Lipinski definition) is 0. The number of halogens is 1. The van der Waals surface area contributed by atoms with Crippen molar-refractivity contribution < 1.29 is 17.9 Å². The molecule has 0 fully saturated rings. The van der Waals surface area contributed by atoms with E-state index in [0.29, 0.717) is 5.75 Å². The third kappa shape index (κ3) is 3.62. The van der Waals surface area contributed by atoms with Crippen LogP contribution in [0.2, 0.25) is 5.02 Å². The van der Waals surface area contributed by atoms with E-state index in [-0.39, 0.29) is 15.5 Å². The molecule has 0 aromatic heterocycles. The first-order valence-electron chi connectivity index (χ1n) is 6.08. The Balaban J connectivity index is 2.28.